The Bertz CT molecular complexity index is 1780. The van der Waals surface area contributed by atoms with Crippen LogP contribution >= 0.6 is 0 Å². The summed E-state index contributed by atoms with van der Waals surface area (Å²) in [4.78, 5) is 23.1. The number of aryl methyl sites for hydroxylation is 2. The number of hydrogen-bond acceptors (Lipinski definition) is 4. The van der Waals surface area contributed by atoms with Crippen molar-refractivity contribution < 1.29 is 4.79 Å². The van der Waals surface area contributed by atoms with E-state index in [-0.39, 0.29) is 5.91 Å². The number of likely N-dealkylation sites (N-methyl/N-ethyl adjacent to an activating group) is 1. The summed E-state index contributed by atoms with van der Waals surface area (Å²) in [5, 5.41) is 3.96. The van der Waals surface area contributed by atoms with Crippen molar-refractivity contribution in [1.29, 1.82) is 0 Å². The highest BCUT2D eigenvalue weighted by Gasteiger charge is 2.23. The zero-order valence-electron chi connectivity index (χ0n) is 30.0. The van der Waals surface area contributed by atoms with Crippen LogP contribution < -0.4 is 0 Å². The molecule has 3 heterocycles. The summed E-state index contributed by atoms with van der Waals surface area (Å²) >= 11 is 0. The first kappa shape index (κ1) is 34.2. The molecule has 2 fully saturated rings. The van der Waals surface area contributed by atoms with E-state index in [4.69, 9.17) is 0 Å². The van der Waals surface area contributed by atoms with Crippen LogP contribution in [-0.4, -0.2) is 103 Å². The van der Waals surface area contributed by atoms with Gasteiger partial charge in [0.15, 0.2) is 0 Å². The Morgan fingerprint density at radius 2 is 1.46 bits per heavy atom. The van der Waals surface area contributed by atoms with Gasteiger partial charge in [-0.05, 0) is 100 Å². The van der Waals surface area contributed by atoms with Crippen molar-refractivity contribution in [2.45, 2.75) is 53.5 Å². The number of piperazine rings is 2. The third kappa shape index (κ3) is 8.11. The molecule has 6 rings (SSSR count). The van der Waals surface area contributed by atoms with Crippen LogP contribution in [0.5, 0.6) is 0 Å². The molecule has 0 saturated carbocycles. The zero-order valence-corrected chi connectivity index (χ0v) is 30.0. The summed E-state index contributed by atoms with van der Waals surface area (Å²) in [6, 6.07) is 22.3. The monoisotopic (exact) mass is 645 g/mol. The predicted molar refractivity (Wildman–Crippen MR) is 202 cm³/mol. The molecule has 4 aromatic rings. The lowest BCUT2D eigenvalue weighted by molar-refractivity contribution is -0.128. The van der Waals surface area contributed by atoms with Gasteiger partial charge in [-0.3, -0.25) is 9.69 Å². The van der Waals surface area contributed by atoms with Crippen LogP contribution in [0.4, 0.5) is 0 Å². The first-order chi connectivity index (χ1) is 23.3. The van der Waals surface area contributed by atoms with Crippen LogP contribution in [0.25, 0.3) is 21.7 Å². The van der Waals surface area contributed by atoms with Crippen LogP contribution in [0.1, 0.15) is 42.7 Å². The maximum Gasteiger partial charge on any atom is 0.253 e. The summed E-state index contributed by atoms with van der Waals surface area (Å²) in [7, 11) is 2.22. The number of nitrogens with zero attached hydrogens (tertiary/aromatic N) is 5. The third-order valence-electron chi connectivity index (χ3n) is 10.8. The molecular formula is C42H55N5O. The van der Waals surface area contributed by atoms with Gasteiger partial charge in [-0.1, -0.05) is 66.3 Å². The average molecular weight is 646 g/mol. The Balaban J connectivity index is 1.01. The topological polar surface area (TPSA) is 35.0 Å². The highest BCUT2D eigenvalue weighted by molar-refractivity contribution is 5.96. The van der Waals surface area contributed by atoms with Gasteiger partial charge in [0.1, 0.15) is 0 Å². The SMILES string of the molecule is C/C=C(\C=C(/C)Cc1ccc2c(c1)c(C)c(C)n2CCCN1CCN(C)CC1)C(=O)N1CCN(CCc2ccc3ccccc3c2)CC1. The van der Waals surface area contributed by atoms with Gasteiger partial charge in [-0.15, -0.1) is 0 Å². The number of hydrogen-bond donors (Lipinski definition) is 0. The van der Waals surface area contributed by atoms with Gasteiger partial charge < -0.3 is 19.3 Å². The van der Waals surface area contributed by atoms with Crippen molar-refractivity contribution in [3.63, 3.8) is 0 Å². The molecule has 0 bridgehead atoms. The number of fused-ring (bicyclic) bond motifs is 2. The van der Waals surface area contributed by atoms with Gasteiger partial charge in [-0.25, -0.2) is 0 Å². The highest BCUT2D eigenvalue weighted by atomic mass is 16.2. The van der Waals surface area contributed by atoms with E-state index in [1.54, 1.807) is 0 Å². The van der Waals surface area contributed by atoms with E-state index in [2.05, 4.69) is 114 Å². The first-order valence-corrected chi connectivity index (χ1v) is 18.1. The largest absolute Gasteiger partial charge is 0.345 e. The van der Waals surface area contributed by atoms with Crippen molar-refractivity contribution in [1.82, 2.24) is 24.2 Å². The molecule has 0 aliphatic carbocycles. The number of allylic oxidation sites excluding steroid dienone is 2. The molecule has 6 heteroatoms. The van der Waals surface area contributed by atoms with E-state index in [0.717, 1.165) is 57.7 Å². The second-order valence-corrected chi connectivity index (χ2v) is 14.2. The maximum absolute atomic E-state index is 13.6. The van der Waals surface area contributed by atoms with Crippen molar-refractivity contribution in [3.05, 3.63) is 106 Å². The minimum absolute atomic E-state index is 0.154. The van der Waals surface area contributed by atoms with Crippen LogP contribution in [0.15, 0.2) is 84.0 Å². The van der Waals surface area contributed by atoms with Crippen molar-refractivity contribution >= 4 is 27.6 Å². The maximum atomic E-state index is 13.6. The molecule has 2 saturated heterocycles. The van der Waals surface area contributed by atoms with Crippen LogP contribution in [-0.2, 0) is 24.2 Å². The summed E-state index contributed by atoms with van der Waals surface area (Å²) in [5.41, 5.74) is 8.80. The van der Waals surface area contributed by atoms with E-state index >= 15 is 0 Å². The van der Waals surface area contributed by atoms with Crippen LogP contribution in [0.2, 0.25) is 0 Å². The van der Waals surface area contributed by atoms with Gasteiger partial charge in [0.25, 0.3) is 5.91 Å². The number of carbonyl (C=O) groups is 1. The molecule has 0 radical (unpaired) electrons. The summed E-state index contributed by atoms with van der Waals surface area (Å²) in [5.74, 6) is 0.154. The van der Waals surface area contributed by atoms with Gasteiger partial charge in [-0.2, -0.15) is 0 Å². The fourth-order valence-electron chi connectivity index (χ4n) is 7.56. The Labute approximate surface area is 288 Å². The lowest BCUT2D eigenvalue weighted by Crippen LogP contribution is -2.49. The Morgan fingerprint density at radius 3 is 2.21 bits per heavy atom. The van der Waals surface area contributed by atoms with E-state index in [9.17, 15) is 4.79 Å². The molecular weight excluding hydrogens is 590 g/mol. The molecule has 0 unspecified atom stereocenters. The summed E-state index contributed by atoms with van der Waals surface area (Å²) < 4.78 is 2.52. The number of carbonyl (C=O) groups excluding carboxylic acids is 1. The fourth-order valence-corrected chi connectivity index (χ4v) is 7.56. The highest BCUT2D eigenvalue weighted by Crippen LogP contribution is 2.28. The standard InChI is InChI=1S/C42H55N5O/c1-6-37(42(48)46-26-24-45(25-27-46)19-16-35-12-14-38-10-7-8-11-39(38)30-35)29-32(2)28-36-13-15-41-40(31-36)33(3)34(4)47(41)18-9-17-44-22-20-43(5)21-23-44/h6-8,10-15,29-31H,9,16-28H2,1-5H3/b32-29+,37-6+. The van der Waals surface area contributed by atoms with E-state index in [0.29, 0.717) is 0 Å². The normalized spacial score (nSPS) is 17.6. The van der Waals surface area contributed by atoms with Gasteiger partial charge in [0.2, 0.25) is 0 Å². The molecule has 6 nitrogen and oxygen atoms in total. The fraction of sp³-hybridized carbons (Fsp3) is 0.452. The Hall–Kier alpha value is -3.71. The Morgan fingerprint density at radius 1 is 0.771 bits per heavy atom. The molecule has 3 aromatic carbocycles. The van der Waals surface area contributed by atoms with Gasteiger partial charge in [0.05, 0.1) is 0 Å². The number of rotatable bonds is 11. The first-order valence-electron chi connectivity index (χ1n) is 18.1. The summed E-state index contributed by atoms with van der Waals surface area (Å²) in [6.45, 7) is 20.1. The second kappa shape index (κ2) is 15.7. The van der Waals surface area contributed by atoms with E-state index < -0.39 is 0 Å². The molecule has 2 aliphatic heterocycles. The van der Waals surface area contributed by atoms with Gasteiger partial charge >= 0.3 is 0 Å². The molecule has 0 N–H and O–H groups in total. The second-order valence-electron chi connectivity index (χ2n) is 14.2. The van der Waals surface area contributed by atoms with E-state index in [1.165, 1.54) is 88.8 Å². The smallest absolute Gasteiger partial charge is 0.253 e. The minimum atomic E-state index is 0.154. The van der Waals surface area contributed by atoms with Crippen molar-refractivity contribution in [2.24, 2.45) is 0 Å². The molecule has 48 heavy (non-hydrogen) atoms. The molecule has 2 aliphatic rings. The van der Waals surface area contributed by atoms with Crippen molar-refractivity contribution in [3.8, 4) is 0 Å². The summed E-state index contributed by atoms with van der Waals surface area (Å²) in [6.07, 6.45) is 7.15. The number of amides is 1. The average Bonchev–Trinajstić information content (AvgIpc) is 3.34. The van der Waals surface area contributed by atoms with Crippen LogP contribution in [0, 0.1) is 13.8 Å². The lowest BCUT2D eigenvalue weighted by atomic mass is 10.0. The van der Waals surface area contributed by atoms with E-state index in [1.807, 2.05) is 17.9 Å². The molecule has 1 aromatic heterocycles. The van der Waals surface area contributed by atoms with Crippen LogP contribution in [0.3, 0.4) is 0 Å². The third-order valence-corrected chi connectivity index (χ3v) is 10.8. The molecule has 0 spiro atoms. The van der Waals surface area contributed by atoms with Crippen molar-refractivity contribution in [2.75, 3.05) is 72.5 Å². The zero-order chi connectivity index (χ0) is 33.6. The molecule has 254 valence electrons. The number of benzene rings is 3. The minimum Gasteiger partial charge on any atom is -0.345 e. The molecule has 0 atom stereocenters. The molecule has 1 amide bonds. The lowest BCUT2D eigenvalue weighted by Gasteiger charge is -2.35. The Kier molecular flexibility index (Phi) is 11.2. The number of aromatic nitrogens is 1. The van der Waals surface area contributed by atoms with Gasteiger partial charge in [0, 0.05) is 87.6 Å². The predicted octanol–water partition coefficient (Wildman–Crippen LogP) is 6.87. The quantitative estimate of drug-likeness (QED) is 0.132.